The molecule has 0 aliphatic carbocycles. The molecule has 2 rings (SSSR count). The molecular weight excluding hydrogens is 204 g/mol. The lowest BCUT2D eigenvalue weighted by molar-refractivity contribution is 0.0692. The van der Waals surface area contributed by atoms with Gasteiger partial charge >= 0.3 is 5.97 Å². The Morgan fingerprint density at radius 3 is 2.69 bits per heavy atom. The molecule has 2 aromatic rings. The molecule has 0 aliphatic heterocycles. The second kappa shape index (κ2) is 3.81. The van der Waals surface area contributed by atoms with E-state index in [0.717, 1.165) is 11.1 Å². The maximum absolute atomic E-state index is 10.9. The first-order valence-corrected chi connectivity index (χ1v) is 4.94. The van der Waals surface area contributed by atoms with Gasteiger partial charge in [-0.05, 0) is 31.0 Å². The van der Waals surface area contributed by atoms with Crippen molar-refractivity contribution < 1.29 is 9.90 Å². The zero-order chi connectivity index (χ0) is 11.7. The van der Waals surface area contributed by atoms with Crippen LogP contribution in [-0.4, -0.2) is 21.0 Å². The van der Waals surface area contributed by atoms with E-state index in [4.69, 9.17) is 5.11 Å². The van der Waals surface area contributed by atoms with Crippen molar-refractivity contribution in [1.82, 2.24) is 9.97 Å². The maximum atomic E-state index is 10.9. The molecule has 16 heavy (non-hydrogen) atoms. The molecule has 0 fully saturated rings. The van der Waals surface area contributed by atoms with Crippen molar-refractivity contribution in [2.24, 2.45) is 0 Å². The summed E-state index contributed by atoms with van der Waals surface area (Å²) < 4.78 is 0. The van der Waals surface area contributed by atoms with Crippen LogP contribution >= 0.6 is 0 Å². The topological polar surface area (TPSA) is 66.0 Å². The van der Waals surface area contributed by atoms with E-state index in [0.29, 0.717) is 5.69 Å². The second-order valence-electron chi connectivity index (χ2n) is 3.73. The first-order valence-electron chi connectivity index (χ1n) is 4.94. The first-order chi connectivity index (χ1) is 7.59. The van der Waals surface area contributed by atoms with E-state index >= 15 is 0 Å². The fourth-order valence-electron chi connectivity index (χ4n) is 1.56. The normalized spacial score (nSPS) is 10.4. The predicted octanol–water partition coefficient (Wildman–Crippen LogP) is 2.39. The monoisotopic (exact) mass is 216 g/mol. The van der Waals surface area contributed by atoms with Crippen molar-refractivity contribution in [2.45, 2.75) is 13.8 Å². The van der Waals surface area contributed by atoms with E-state index in [1.165, 1.54) is 11.9 Å². The summed E-state index contributed by atoms with van der Waals surface area (Å²) in [5.41, 5.74) is 3.73. The summed E-state index contributed by atoms with van der Waals surface area (Å²) in [5, 5.41) is 8.97. The quantitative estimate of drug-likeness (QED) is 0.810. The van der Waals surface area contributed by atoms with E-state index in [2.05, 4.69) is 9.97 Å². The smallest absolute Gasteiger partial charge is 0.354 e. The average molecular weight is 216 g/mol. The summed E-state index contributed by atoms with van der Waals surface area (Å²) in [5.74, 6) is -0.995. The van der Waals surface area contributed by atoms with Crippen LogP contribution < -0.4 is 0 Å². The molecular formula is C12H12N2O2. The molecule has 2 N–H and O–H groups in total. The largest absolute Gasteiger partial charge is 0.477 e. The van der Waals surface area contributed by atoms with Crippen molar-refractivity contribution in [3.8, 4) is 11.3 Å². The van der Waals surface area contributed by atoms with Gasteiger partial charge in [-0.1, -0.05) is 12.1 Å². The number of aromatic nitrogens is 2. The van der Waals surface area contributed by atoms with Gasteiger partial charge < -0.3 is 10.1 Å². The molecule has 0 saturated carbocycles. The number of nitrogens with zero attached hydrogens (tertiary/aromatic N) is 1. The molecule has 4 heteroatoms. The van der Waals surface area contributed by atoms with Gasteiger partial charge in [0, 0.05) is 5.56 Å². The van der Waals surface area contributed by atoms with Crippen LogP contribution in [0.1, 0.15) is 21.6 Å². The lowest BCUT2D eigenvalue weighted by Gasteiger charge is -2.03. The zero-order valence-electron chi connectivity index (χ0n) is 9.11. The number of rotatable bonds is 2. The standard InChI is InChI=1S/C12H12N2O2/c1-7-3-4-9(5-8(7)2)10-11(12(15)16)14-6-13-10/h3-6H,1-2H3,(H,13,14)(H,15,16). The Morgan fingerprint density at radius 2 is 2.06 bits per heavy atom. The van der Waals surface area contributed by atoms with Crippen LogP contribution in [0.2, 0.25) is 0 Å². The van der Waals surface area contributed by atoms with E-state index in [1.54, 1.807) is 0 Å². The molecule has 1 aromatic heterocycles. The summed E-state index contributed by atoms with van der Waals surface area (Å²) in [7, 11) is 0. The second-order valence-corrected chi connectivity index (χ2v) is 3.73. The van der Waals surface area contributed by atoms with Crippen LogP contribution in [-0.2, 0) is 0 Å². The Bertz CT molecular complexity index is 544. The predicted molar refractivity (Wildman–Crippen MR) is 60.5 cm³/mol. The highest BCUT2D eigenvalue weighted by Crippen LogP contribution is 2.22. The Morgan fingerprint density at radius 1 is 1.31 bits per heavy atom. The first kappa shape index (κ1) is 10.4. The summed E-state index contributed by atoms with van der Waals surface area (Å²) in [6, 6.07) is 5.79. The Labute approximate surface area is 93.0 Å². The lowest BCUT2D eigenvalue weighted by Crippen LogP contribution is -1.99. The van der Waals surface area contributed by atoms with Gasteiger partial charge in [0.25, 0.3) is 0 Å². The highest BCUT2D eigenvalue weighted by atomic mass is 16.4. The minimum atomic E-state index is -0.995. The number of carbonyl (C=O) groups is 1. The molecule has 1 heterocycles. The van der Waals surface area contributed by atoms with Gasteiger partial charge in [-0.2, -0.15) is 0 Å². The SMILES string of the molecule is Cc1ccc(-c2nc[nH]c2C(=O)O)cc1C. The molecule has 4 nitrogen and oxygen atoms in total. The number of hydrogen-bond donors (Lipinski definition) is 2. The van der Waals surface area contributed by atoms with Crippen LogP contribution in [0.15, 0.2) is 24.5 Å². The lowest BCUT2D eigenvalue weighted by atomic mass is 10.0. The van der Waals surface area contributed by atoms with Crippen molar-refractivity contribution >= 4 is 5.97 Å². The van der Waals surface area contributed by atoms with Crippen molar-refractivity contribution in [3.63, 3.8) is 0 Å². The van der Waals surface area contributed by atoms with E-state index in [9.17, 15) is 4.79 Å². The van der Waals surface area contributed by atoms with Gasteiger partial charge in [-0.3, -0.25) is 0 Å². The van der Waals surface area contributed by atoms with Crippen LogP contribution in [0.25, 0.3) is 11.3 Å². The fraction of sp³-hybridized carbons (Fsp3) is 0.167. The van der Waals surface area contributed by atoms with Crippen LogP contribution in [0.4, 0.5) is 0 Å². The van der Waals surface area contributed by atoms with Gasteiger partial charge in [0.1, 0.15) is 5.69 Å². The number of benzene rings is 1. The number of carboxylic acid groups (broad SMARTS) is 1. The zero-order valence-corrected chi connectivity index (χ0v) is 9.11. The number of H-pyrrole nitrogens is 1. The van der Waals surface area contributed by atoms with Gasteiger partial charge in [0.05, 0.1) is 6.33 Å². The summed E-state index contributed by atoms with van der Waals surface area (Å²) >= 11 is 0. The van der Waals surface area contributed by atoms with Crippen molar-refractivity contribution in [1.29, 1.82) is 0 Å². The van der Waals surface area contributed by atoms with E-state index in [-0.39, 0.29) is 5.69 Å². The molecule has 1 aromatic carbocycles. The summed E-state index contributed by atoms with van der Waals surface area (Å²) in [6.07, 6.45) is 1.40. The van der Waals surface area contributed by atoms with E-state index in [1.807, 2.05) is 32.0 Å². The number of hydrogen-bond acceptors (Lipinski definition) is 2. The number of aromatic carboxylic acids is 1. The number of nitrogens with one attached hydrogen (secondary N) is 1. The molecule has 0 unspecified atom stereocenters. The molecule has 0 atom stereocenters. The van der Waals surface area contributed by atoms with Gasteiger partial charge in [-0.25, -0.2) is 9.78 Å². The molecule has 82 valence electrons. The molecule has 0 radical (unpaired) electrons. The molecule has 0 aliphatic rings. The highest BCUT2D eigenvalue weighted by Gasteiger charge is 2.14. The Balaban J connectivity index is 2.54. The van der Waals surface area contributed by atoms with E-state index < -0.39 is 5.97 Å². The Kier molecular flexibility index (Phi) is 2.48. The third-order valence-electron chi connectivity index (χ3n) is 2.63. The fourth-order valence-corrected chi connectivity index (χ4v) is 1.56. The molecule has 0 amide bonds. The van der Waals surface area contributed by atoms with Crippen molar-refractivity contribution in [3.05, 3.63) is 41.3 Å². The number of carboxylic acids is 1. The van der Waals surface area contributed by atoms with Gasteiger partial charge in [0.2, 0.25) is 0 Å². The molecule has 0 bridgehead atoms. The third kappa shape index (κ3) is 1.69. The van der Waals surface area contributed by atoms with Crippen LogP contribution in [0, 0.1) is 13.8 Å². The molecule has 0 saturated heterocycles. The number of aryl methyl sites for hydroxylation is 2. The average Bonchev–Trinajstić information content (AvgIpc) is 2.71. The maximum Gasteiger partial charge on any atom is 0.354 e. The number of imidazole rings is 1. The summed E-state index contributed by atoms with van der Waals surface area (Å²) in [4.78, 5) is 17.6. The molecule has 0 spiro atoms. The van der Waals surface area contributed by atoms with Crippen LogP contribution in [0.5, 0.6) is 0 Å². The third-order valence-corrected chi connectivity index (χ3v) is 2.63. The van der Waals surface area contributed by atoms with Gasteiger partial charge in [-0.15, -0.1) is 0 Å². The van der Waals surface area contributed by atoms with Crippen LogP contribution in [0.3, 0.4) is 0 Å². The Hall–Kier alpha value is -2.10. The highest BCUT2D eigenvalue weighted by molar-refractivity contribution is 5.92. The van der Waals surface area contributed by atoms with Gasteiger partial charge in [0.15, 0.2) is 5.69 Å². The minimum Gasteiger partial charge on any atom is -0.477 e. The minimum absolute atomic E-state index is 0.128. The van der Waals surface area contributed by atoms with Crippen molar-refractivity contribution in [2.75, 3.05) is 0 Å². The summed E-state index contributed by atoms with van der Waals surface area (Å²) in [6.45, 7) is 4.01. The number of aromatic amines is 1.